The Kier molecular flexibility index (Phi) is 3.18. The molecule has 0 unspecified atom stereocenters. The summed E-state index contributed by atoms with van der Waals surface area (Å²) in [6, 6.07) is 4.06. The second kappa shape index (κ2) is 4.59. The van der Waals surface area contributed by atoms with Gasteiger partial charge in [-0.05, 0) is 30.4 Å². The van der Waals surface area contributed by atoms with Crippen LogP contribution in [-0.2, 0) is 4.79 Å². The highest BCUT2D eigenvalue weighted by atomic mass is 32.1. The normalized spacial score (nSPS) is 25.1. The van der Waals surface area contributed by atoms with Gasteiger partial charge in [-0.15, -0.1) is 11.3 Å². The van der Waals surface area contributed by atoms with E-state index in [1.807, 2.05) is 17.5 Å². The number of aliphatic hydroxyl groups excluding tert-OH is 1. The second-order valence-corrected chi connectivity index (χ2v) is 4.66. The third-order valence-electron chi connectivity index (χ3n) is 2.40. The first-order chi connectivity index (χ1) is 7.24. The Balaban J connectivity index is 1.77. The SMILES string of the molecule is O=C(C=Cc1cccs1)NC1CC(O)C1. The van der Waals surface area contributed by atoms with E-state index < -0.39 is 0 Å². The lowest BCUT2D eigenvalue weighted by atomic mass is 9.89. The molecule has 0 aliphatic heterocycles. The van der Waals surface area contributed by atoms with Crippen molar-refractivity contribution in [2.45, 2.75) is 25.0 Å². The molecular formula is C11H13NO2S. The lowest BCUT2D eigenvalue weighted by Gasteiger charge is -2.31. The van der Waals surface area contributed by atoms with Gasteiger partial charge in [-0.25, -0.2) is 0 Å². The van der Waals surface area contributed by atoms with Crippen LogP contribution in [0.3, 0.4) is 0 Å². The van der Waals surface area contributed by atoms with Crippen molar-refractivity contribution >= 4 is 23.3 Å². The van der Waals surface area contributed by atoms with Gasteiger partial charge >= 0.3 is 0 Å². The molecule has 4 heteroatoms. The van der Waals surface area contributed by atoms with Crippen molar-refractivity contribution in [3.05, 3.63) is 28.5 Å². The highest BCUT2D eigenvalue weighted by Crippen LogP contribution is 2.19. The zero-order chi connectivity index (χ0) is 10.7. The Labute approximate surface area is 92.4 Å². The van der Waals surface area contributed by atoms with E-state index in [1.165, 1.54) is 6.08 Å². The van der Waals surface area contributed by atoms with Gasteiger partial charge in [-0.2, -0.15) is 0 Å². The van der Waals surface area contributed by atoms with E-state index in [-0.39, 0.29) is 18.1 Å². The largest absolute Gasteiger partial charge is 0.393 e. The fraction of sp³-hybridized carbons (Fsp3) is 0.364. The molecule has 0 aromatic carbocycles. The van der Waals surface area contributed by atoms with Crippen molar-refractivity contribution in [1.29, 1.82) is 0 Å². The fourth-order valence-electron chi connectivity index (χ4n) is 1.50. The van der Waals surface area contributed by atoms with Crippen LogP contribution in [0.5, 0.6) is 0 Å². The summed E-state index contributed by atoms with van der Waals surface area (Å²) in [4.78, 5) is 12.4. The molecule has 80 valence electrons. The molecule has 1 heterocycles. The first-order valence-electron chi connectivity index (χ1n) is 4.94. The van der Waals surface area contributed by atoms with Crippen LogP contribution in [0.15, 0.2) is 23.6 Å². The number of hydrogen-bond acceptors (Lipinski definition) is 3. The van der Waals surface area contributed by atoms with Crippen LogP contribution in [0.1, 0.15) is 17.7 Å². The maximum Gasteiger partial charge on any atom is 0.244 e. The van der Waals surface area contributed by atoms with E-state index in [0.717, 1.165) is 4.88 Å². The van der Waals surface area contributed by atoms with Crippen LogP contribution in [0.2, 0.25) is 0 Å². The topological polar surface area (TPSA) is 49.3 Å². The summed E-state index contributed by atoms with van der Waals surface area (Å²) in [6.45, 7) is 0. The molecule has 0 bridgehead atoms. The van der Waals surface area contributed by atoms with Gasteiger partial charge < -0.3 is 10.4 Å². The quantitative estimate of drug-likeness (QED) is 0.761. The third kappa shape index (κ3) is 2.91. The zero-order valence-corrected chi connectivity index (χ0v) is 9.04. The molecule has 1 amide bonds. The number of carbonyl (C=O) groups is 1. The van der Waals surface area contributed by atoms with Gasteiger partial charge in [-0.3, -0.25) is 4.79 Å². The summed E-state index contributed by atoms with van der Waals surface area (Å²) >= 11 is 1.60. The van der Waals surface area contributed by atoms with Gasteiger partial charge in [0.25, 0.3) is 0 Å². The molecule has 0 radical (unpaired) electrons. The van der Waals surface area contributed by atoms with Crippen molar-refractivity contribution < 1.29 is 9.90 Å². The van der Waals surface area contributed by atoms with Crippen molar-refractivity contribution in [2.75, 3.05) is 0 Å². The minimum absolute atomic E-state index is 0.0831. The molecule has 2 rings (SSSR count). The molecule has 3 nitrogen and oxygen atoms in total. The van der Waals surface area contributed by atoms with Gasteiger partial charge in [0.2, 0.25) is 5.91 Å². The molecule has 1 aromatic rings. The predicted molar refractivity (Wildman–Crippen MR) is 60.5 cm³/mol. The Bertz CT molecular complexity index is 353. The maximum atomic E-state index is 11.4. The predicted octanol–water partition coefficient (Wildman–Crippen LogP) is 1.40. The maximum absolute atomic E-state index is 11.4. The number of nitrogens with one attached hydrogen (secondary N) is 1. The monoisotopic (exact) mass is 223 g/mol. The summed E-state index contributed by atoms with van der Waals surface area (Å²) in [5.74, 6) is -0.0831. The molecule has 15 heavy (non-hydrogen) atoms. The van der Waals surface area contributed by atoms with E-state index in [2.05, 4.69) is 5.32 Å². The Morgan fingerprint density at radius 2 is 2.40 bits per heavy atom. The Hall–Kier alpha value is -1.13. The van der Waals surface area contributed by atoms with Crippen LogP contribution >= 0.6 is 11.3 Å². The van der Waals surface area contributed by atoms with Gasteiger partial charge in [0, 0.05) is 17.0 Å². The first kappa shape index (κ1) is 10.4. The van der Waals surface area contributed by atoms with Crippen LogP contribution in [0, 0.1) is 0 Å². The molecule has 1 fully saturated rings. The molecule has 1 aliphatic rings. The van der Waals surface area contributed by atoms with Crippen molar-refractivity contribution in [2.24, 2.45) is 0 Å². The summed E-state index contributed by atoms with van der Waals surface area (Å²) in [6.07, 6.45) is 4.47. The highest BCUT2D eigenvalue weighted by molar-refractivity contribution is 7.10. The van der Waals surface area contributed by atoms with Crippen LogP contribution in [-0.4, -0.2) is 23.2 Å². The minimum Gasteiger partial charge on any atom is -0.393 e. The Morgan fingerprint density at radius 1 is 1.60 bits per heavy atom. The van der Waals surface area contributed by atoms with Crippen molar-refractivity contribution in [1.82, 2.24) is 5.32 Å². The molecule has 0 atom stereocenters. The number of thiophene rings is 1. The summed E-state index contributed by atoms with van der Waals surface area (Å²) in [7, 11) is 0. The summed E-state index contributed by atoms with van der Waals surface area (Å²) in [5, 5.41) is 13.8. The molecule has 0 spiro atoms. The standard InChI is InChI=1S/C11H13NO2S/c13-9-6-8(7-9)12-11(14)4-3-10-2-1-5-15-10/h1-5,8-9,13H,6-7H2,(H,12,14). The smallest absolute Gasteiger partial charge is 0.244 e. The second-order valence-electron chi connectivity index (χ2n) is 3.68. The molecule has 1 saturated carbocycles. The molecular weight excluding hydrogens is 210 g/mol. The number of amides is 1. The van der Waals surface area contributed by atoms with E-state index >= 15 is 0 Å². The third-order valence-corrected chi connectivity index (χ3v) is 3.24. The van der Waals surface area contributed by atoms with Crippen LogP contribution in [0.4, 0.5) is 0 Å². The zero-order valence-electron chi connectivity index (χ0n) is 8.22. The average molecular weight is 223 g/mol. The van der Waals surface area contributed by atoms with Crippen molar-refractivity contribution in [3.63, 3.8) is 0 Å². The molecule has 1 aromatic heterocycles. The van der Waals surface area contributed by atoms with E-state index in [4.69, 9.17) is 5.11 Å². The number of carbonyl (C=O) groups excluding carboxylic acids is 1. The van der Waals surface area contributed by atoms with E-state index in [9.17, 15) is 4.79 Å². The van der Waals surface area contributed by atoms with Gasteiger partial charge in [0.1, 0.15) is 0 Å². The molecule has 2 N–H and O–H groups in total. The lowest BCUT2D eigenvalue weighted by molar-refractivity contribution is -0.118. The molecule has 0 saturated heterocycles. The van der Waals surface area contributed by atoms with Crippen LogP contribution < -0.4 is 5.32 Å². The fourth-order valence-corrected chi connectivity index (χ4v) is 2.12. The van der Waals surface area contributed by atoms with Gasteiger partial charge in [0.15, 0.2) is 0 Å². The number of hydrogen-bond donors (Lipinski definition) is 2. The first-order valence-corrected chi connectivity index (χ1v) is 5.82. The number of rotatable bonds is 3. The Morgan fingerprint density at radius 3 is 3.00 bits per heavy atom. The van der Waals surface area contributed by atoms with E-state index in [1.54, 1.807) is 17.4 Å². The summed E-state index contributed by atoms with van der Waals surface area (Å²) in [5.41, 5.74) is 0. The molecule has 1 aliphatic carbocycles. The van der Waals surface area contributed by atoms with Crippen LogP contribution in [0.25, 0.3) is 6.08 Å². The minimum atomic E-state index is -0.225. The van der Waals surface area contributed by atoms with Gasteiger partial charge in [0.05, 0.1) is 6.10 Å². The average Bonchev–Trinajstić information content (AvgIpc) is 2.65. The van der Waals surface area contributed by atoms with E-state index in [0.29, 0.717) is 12.8 Å². The number of aliphatic hydroxyl groups is 1. The highest BCUT2D eigenvalue weighted by Gasteiger charge is 2.27. The van der Waals surface area contributed by atoms with Crippen molar-refractivity contribution in [3.8, 4) is 0 Å². The summed E-state index contributed by atoms with van der Waals surface area (Å²) < 4.78 is 0. The lowest BCUT2D eigenvalue weighted by Crippen LogP contribution is -2.46. The van der Waals surface area contributed by atoms with Gasteiger partial charge in [-0.1, -0.05) is 6.07 Å².